The number of esters is 1. The van der Waals surface area contributed by atoms with Crippen LogP contribution in [-0.2, 0) is 50.9 Å². The number of rotatable bonds is 26. The number of hydrogen-bond acceptors (Lipinski definition) is 13. The summed E-state index contributed by atoms with van der Waals surface area (Å²) in [5, 5.41) is 29.2. The van der Waals surface area contributed by atoms with Gasteiger partial charge in [0.2, 0.25) is 5.78 Å². The number of aliphatic hydroxyl groups excluding tert-OH is 2. The van der Waals surface area contributed by atoms with E-state index in [1.165, 1.54) is 23.9 Å². The lowest BCUT2D eigenvalue weighted by Crippen LogP contribution is -3.00. The van der Waals surface area contributed by atoms with Gasteiger partial charge in [-0.05, 0) is 130 Å². The molecule has 0 radical (unpaired) electrons. The van der Waals surface area contributed by atoms with E-state index in [2.05, 4.69) is 41.8 Å². The average molecular weight is 1150 g/mol. The molecule has 4 saturated carbocycles. The van der Waals surface area contributed by atoms with Crippen LogP contribution in [-0.4, -0.2) is 107 Å². The minimum Gasteiger partial charge on any atom is -1.00 e. The number of pyridine rings is 1. The number of aliphatic hydroxyl groups is 2. The second-order valence-electron chi connectivity index (χ2n) is 23.4. The molecule has 10 atom stereocenters. The van der Waals surface area contributed by atoms with Gasteiger partial charge < -0.3 is 56.7 Å². The fraction of sp³-hybridized carbons (Fsp3) is 0.590. The molecule has 1 unspecified atom stereocenters. The van der Waals surface area contributed by atoms with Gasteiger partial charge in [-0.1, -0.05) is 94.0 Å². The molecule has 17 nitrogen and oxygen atoms in total. The molecule has 3 aromatic rings. The van der Waals surface area contributed by atoms with Crippen molar-refractivity contribution in [3.63, 3.8) is 0 Å². The van der Waals surface area contributed by atoms with Crippen molar-refractivity contribution in [2.45, 2.75) is 153 Å². The molecule has 5 aliphatic carbocycles. The molecule has 436 valence electrons. The second kappa shape index (κ2) is 27.2. The highest BCUT2D eigenvalue weighted by atomic mass is 35.5. The van der Waals surface area contributed by atoms with Crippen LogP contribution in [0.5, 0.6) is 5.75 Å². The molecule has 9 rings (SSSR count). The van der Waals surface area contributed by atoms with E-state index in [9.17, 15) is 43.7 Å². The zero-order chi connectivity index (χ0) is 55.8. The number of nitrogens with zero attached hydrogens (tertiary/aromatic N) is 1. The Kier molecular flexibility index (Phi) is 20.9. The number of nitrogens with one attached hydrogen (secondary N) is 2. The quantitative estimate of drug-likeness (QED) is 0.0281. The normalized spacial score (nSPS) is 28.3. The molecular weight excluding hydrogens is 1070 g/mol. The van der Waals surface area contributed by atoms with Crippen molar-refractivity contribution in [3.8, 4) is 5.75 Å². The maximum atomic E-state index is 14.9. The molecule has 2 heterocycles. The predicted octanol–water partition coefficient (Wildman–Crippen LogP) is 4.51. The summed E-state index contributed by atoms with van der Waals surface area (Å²) in [6.45, 7) is 5.43. The van der Waals surface area contributed by atoms with Crippen molar-refractivity contribution in [1.82, 2.24) is 10.6 Å². The van der Waals surface area contributed by atoms with Crippen molar-refractivity contribution >= 4 is 31.3 Å². The standard InChI is InChI=1S/C61H80N3O14P.ClH/c1-59-27-26-47(65)33-46(59)23-24-48-49-34-54-61(60(49,2)35-50(66)56(48)59,77-58(76-54)42-19-9-6-10-20-42)53(68)40-75-55(69)37-63-57(70)44-21-15-29-64(38-44)39-45-32-43(22-25-52(45)78-79(71,72)73)51(67)36-62-28-12-3-4-13-30-74-31-14-11-18-41-16-7-5-8-17-41;/h5,7-8,15-17,21-22,25-27,29,32-33,38,42,48-51,54,56,58,62,66-67H,3-4,6,9-14,18-20,23-24,28,30-31,34-37,39-40H2,1-2H3,(H2-,63,70,71,72,73);1H/t48-,49-,50-,51?,54+,56+,58+,59-,60-,61+;/m0./s1. The van der Waals surface area contributed by atoms with Gasteiger partial charge in [-0.2, -0.15) is 4.57 Å². The van der Waals surface area contributed by atoms with Crippen molar-refractivity contribution < 1.29 is 84.2 Å². The SMILES string of the molecule is C[C@]12C=CC(=O)C=C1CC[C@@H]1[C@@H]2[C@@H](O)C[C@@]2(C)[C@H]1C[C@H]1O[C@@H](C3CCCCC3)O[C@]12C(=O)COC(=O)CNC(=O)c1ccc[n+](Cc2cc(C(O)CNCCCCCCOCCCCc3ccccc3)ccc2OP(=O)(O)O)c1.[Cl-]. The molecule has 0 spiro atoms. The van der Waals surface area contributed by atoms with E-state index in [1.54, 1.807) is 41.1 Å². The number of Topliss-reactive ketones (excluding diaryl/α,β-unsaturated/α-hetero) is 1. The number of aryl methyl sites for hydroxylation is 1. The minimum absolute atomic E-state index is 0. The zero-order valence-corrected chi connectivity index (χ0v) is 47.8. The Balaban J connectivity index is 0.00000841. The van der Waals surface area contributed by atoms with Crippen LogP contribution < -0.4 is 32.1 Å². The second-order valence-corrected chi connectivity index (χ2v) is 24.5. The number of phosphoric acid groups is 1. The van der Waals surface area contributed by atoms with Gasteiger partial charge in [0.15, 0.2) is 43.2 Å². The molecule has 1 saturated heterocycles. The summed E-state index contributed by atoms with van der Waals surface area (Å²) in [4.78, 5) is 73.7. The van der Waals surface area contributed by atoms with Gasteiger partial charge in [-0.3, -0.25) is 29.0 Å². The maximum absolute atomic E-state index is 14.9. The Morgan fingerprint density at radius 3 is 2.48 bits per heavy atom. The Bertz CT molecular complexity index is 2750. The number of carbonyl (C=O) groups excluding carboxylic acids is 4. The third kappa shape index (κ3) is 14.0. The van der Waals surface area contributed by atoms with Gasteiger partial charge in [0.05, 0.1) is 23.9 Å². The molecule has 0 bridgehead atoms. The Morgan fingerprint density at radius 2 is 1.70 bits per heavy atom. The van der Waals surface area contributed by atoms with Gasteiger partial charge in [-0.25, -0.2) is 4.57 Å². The monoisotopic (exact) mass is 1150 g/mol. The summed E-state index contributed by atoms with van der Waals surface area (Å²) < 4.78 is 43.9. The van der Waals surface area contributed by atoms with E-state index in [0.717, 1.165) is 102 Å². The van der Waals surface area contributed by atoms with Crippen LogP contribution in [0.25, 0.3) is 0 Å². The van der Waals surface area contributed by atoms with Crippen LogP contribution in [0.1, 0.15) is 143 Å². The highest BCUT2D eigenvalue weighted by molar-refractivity contribution is 7.46. The first kappa shape index (κ1) is 61.4. The Hall–Kier alpha value is -4.65. The highest BCUT2D eigenvalue weighted by Gasteiger charge is 2.76. The van der Waals surface area contributed by atoms with E-state index in [0.29, 0.717) is 30.5 Å². The van der Waals surface area contributed by atoms with Crippen LogP contribution in [0.15, 0.2) is 96.9 Å². The molecule has 1 aromatic heterocycles. The van der Waals surface area contributed by atoms with Gasteiger partial charge >= 0.3 is 13.8 Å². The number of allylic oxidation sites excluding steroid dienone is 4. The molecule has 1 amide bonds. The summed E-state index contributed by atoms with van der Waals surface area (Å²) in [6.07, 6.45) is 20.0. The van der Waals surface area contributed by atoms with Crippen LogP contribution in [0.4, 0.5) is 0 Å². The molecule has 5 fully saturated rings. The number of phosphoric ester groups is 1. The third-order valence-corrected chi connectivity index (χ3v) is 18.6. The van der Waals surface area contributed by atoms with Crippen molar-refractivity contribution in [3.05, 3.63) is 119 Å². The number of aromatic nitrogens is 1. The fourth-order valence-corrected chi connectivity index (χ4v) is 14.7. The fourth-order valence-electron chi connectivity index (χ4n) is 14.3. The number of halogens is 1. The van der Waals surface area contributed by atoms with Gasteiger partial charge in [0.1, 0.15) is 17.9 Å². The van der Waals surface area contributed by atoms with Gasteiger partial charge in [-0.15, -0.1) is 0 Å². The number of amides is 1. The number of unbranched alkanes of at least 4 members (excludes halogenated alkanes) is 4. The van der Waals surface area contributed by atoms with E-state index in [-0.39, 0.29) is 72.7 Å². The number of hydrogen-bond donors (Lipinski definition) is 6. The summed E-state index contributed by atoms with van der Waals surface area (Å²) in [6, 6.07) is 18.2. The zero-order valence-electron chi connectivity index (χ0n) is 46.2. The minimum atomic E-state index is -4.97. The summed E-state index contributed by atoms with van der Waals surface area (Å²) in [7, 11) is -4.97. The first-order valence-electron chi connectivity index (χ1n) is 28.8. The average Bonchev–Trinajstić information content (AvgIpc) is 3.94. The van der Waals surface area contributed by atoms with Crippen LogP contribution in [0.3, 0.4) is 0 Å². The maximum Gasteiger partial charge on any atom is 0.524 e. The summed E-state index contributed by atoms with van der Waals surface area (Å²) in [5.41, 5.74) is 0.544. The summed E-state index contributed by atoms with van der Waals surface area (Å²) >= 11 is 0. The molecule has 6 N–H and O–H groups in total. The molecule has 2 aromatic carbocycles. The van der Waals surface area contributed by atoms with Crippen LogP contribution >= 0.6 is 7.82 Å². The van der Waals surface area contributed by atoms with E-state index in [1.807, 2.05) is 19.1 Å². The smallest absolute Gasteiger partial charge is 0.524 e. The Labute approximate surface area is 476 Å². The number of carbonyl (C=O) groups is 4. The number of ketones is 2. The van der Waals surface area contributed by atoms with Crippen molar-refractivity contribution in [1.29, 1.82) is 0 Å². The number of benzene rings is 2. The predicted molar refractivity (Wildman–Crippen MR) is 292 cm³/mol. The largest absolute Gasteiger partial charge is 1.00 e. The lowest BCUT2D eigenvalue weighted by molar-refractivity contribution is -0.688. The van der Waals surface area contributed by atoms with Gasteiger partial charge in [0.25, 0.3) is 5.91 Å². The molecule has 80 heavy (non-hydrogen) atoms. The third-order valence-electron chi connectivity index (χ3n) is 18.2. The van der Waals surface area contributed by atoms with E-state index in [4.69, 9.17) is 23.5 Å². The Morgan fingerprint density at radius 1 is 0.938 bits per heavy atom. The topological polar surface area (TPSA) is 240 Å². The molecule has 1 aliphatic heterocycles. The first-order chi connectivity index (χ1) is 38.0. The van der Waals surface area contributed by atoms with E-state index < -0.39 is 79.7 Å². The highest BCUT2D eigenvalue weighted by Crippen LogP contribution is 2.70. The van der Waals surface area contributed by atoms with Crippen LogP contribution in [0.2, 0.25) is 0 Å². The first-order valence-corrected chi connectivity index (χ1v) is 30.3. The lowest BCUT2D eigenvalue weighted by atomic mass is 9.46. The molecule has 6 aliphatic rings. The molecule has 19 heteroatoms. The summed E-state index contributed by atoms with van der Waals surface area (Å²) in [5.74, 6) is -2.11. The van der Waals surface area contributed by atoms with E-state index >= 15 is 0 Å². The number of ether oxygens (including phenoxy) is 4. The van der Waals surface area contributed by atoms with Crippen LogP contribution in [0, 0.1) is 34.5 Å². The van der Waals surface area contributed by atoms with Crippen molar-refractivity contribution in [2.75, 3.05) is 39.5 Å². The van der Waals surface area contributed by atoms with Crippen molar-refractivity contribution in [2.24, 2.45) is 34.5 Å². The lowest BCUT2D eigenvalue weighted by Gasteiger charge is -2.59. The molecular formula is C61H81ClN3O14P. The van der Waals surface area contributed by atoms with Gasteiger partial charge in [0, 0.05) is 48.5 Å². The number of fused-ring (bicyclic) bond motifs is 7.